The molecule has 0 aromatic heterocycles. The molecule has 2 aromatic rings. The van der Waals surface area contributed by atoms with Crippen molar-refractivity contribution >= 4 is 53.0 Å². The molecular weight excluding hydrogens is 343 g/mol. The number of halogens is 2. The van der Waals surface area contributed by atoms with E-state index in [1.807, 2.05) is 0 Å². The van der Waals surface area contributed by atoms with E-state index >= 15 is 0 Å². The molecule has 0 spiro atoms. The Morgan fingerprint density at radius 3 is 1.20 bits per heavy atom. The quantitative estimate of drug-likeness (QED) is 0.725. The van der Waals surface area contributed by atoms with Gasteiger partial charge < -0.3 is 0 Å². The fourth-order valence-electron chi connectivity index (χ4n) is 1.11. The molecule has 0 unspecified atom stereocenters. The zero-order valence-corrected chi connectivity index (χ0v) is 12.0. The Hall–Kier alpha value is -0.190. The van der Waals surface area contributed by atoms with E-state index in [1.54, 1.807) is 0 Å². The van der Waals surface area contributed by atoms with Crippen molar-refractivity contribution in [3.05, 3.63) is 60.7 Å². The summed E-state index contributed by atoms with van der Waals surface area (Å²) in [7, 11) is 0. The monoisotopic (exact) mass is 356 g/mol. The zero-order valence-electron chi connectivity index (χ0n) is 8.00. The number of benzene rings is 2. The Kier molecular flexibility index (Phi) is 7.92. The molecule has 0 atom stereocenters. The Labute approximate surface area is 113 Å². The molecular formula is C12H12Cl2Te+. The van der Waals surface area contributed by atoms with Crippen LogP contribution in [0, 0.1) is 0 Å². The molecule has 15 heavy (non-hydrogen) atoms. The molecule has 79 valence electrons. The first kappa shape index (κ1) is 14.8. The molecule has 2 aromatic carbocycles. The molecule has 0 fully saturated rings. The molecule has 3 heteroatoms. The van der Waals surface area contributed by atoms with Crippen LogP contribution in [0.5, 0.6) is 0 Å². The van der Waals surface area contributed by atoms with Gasteiger partial charge in [-0.05, 0) is 0 Å². The summed E-state index contributed by atoms with van der Waals surface area (Å²) in [5.41, 5.74) is 0. The maximum absolute atomic E-state index is 2.22. The van der Waals surface area contributed by atoms with E-state index in [0.29, 0.717) is 0 Å². The van der Waals surface area contributed by atoms with Crippen molar-refractivity contribution < 1.29 is 0 Å². The van der Waals surface area contributed by atoms with E-state index in [2.05, 4.69) is 60.7 Å². The van der Waals surface area contributed by atoms with Gasteiger partial charge in [-0.3, -0.25) is 0 Å². The minimum absolute atomic E-state index is 0. The molecule has 1 radical (unpaired) electrons. The van der Waals surface area contributed by atoms with E-state index in [4.69, 9.17) is 0 Å². The molecule has 2 rings (SSSR count). The third kappa shape index (κ3) is 4.91. The first-order chi connectivity index (χ1) is 6.45. The summed E-state index contributed by atoms with van der Waals surface area (Å²) in [6, 6.07) is 21.5. The van der Waals surface area contributed by atoms with Gasteiger partial charge in [0.25, 0.3) is 0 Å². The summed E-state index contributed by atoms with van der Waals surface area (Å²) in [5, 5.41) is 0. The van der Waals surface area contributed by atoms with Crippen LogP contribution in [0.4, 0.5) is 0 Å². The average Bonchev–Trinajstić information content (AvgIpc) is 2.21. The van der Waals surface area contributed by atoms with Crippen molar-refractivity contribution in [2.75, 3.05) is 0 Å². The second-order valence-corrected chi connectivity index (χ2v) is 6.00. The number of hydrogen-bond acceptors (Lipinski definition) is 0. The topological polar surface area (TPSA) is 0 Å². The molecule has 0 aliphatic rings. The van der Waals surface area contributed by atoms with Crippen LogP contribution in [0.1, 0.15) is 0 Å². The van der Waals surface area contributed by atoms with Gasteiger partial charge in [-0.15, -0.1) is 24.8 Å². The van der Waals surface area contributed by atoms with Crippen molar-refractivity contribution in [1.29, 1.82) is 0 Å². The summed E-state index contributed by atoms with van der Waals surface area (Å²) >= 11 is -0.153. The third-order valence-electron chi connectivity index (χ3n) is 1.72. The number of rotatable bonds is 2. The second-order valence-electron chi connectivity index (χ2n) is 2.73. The normalized spacial score (nSPS) is 8.53. The maximum atomic E-state index is 2.22. The fraction of sp³-hybridized carbons (Fsp3) is 0. The summed E-state index contributed by atoms with van der Waals surface area (Å²) in [6.45, 7) is 0. The second kappa shape index (κ2) is 8.02. The van der Waals surface area contributed by atoms with Gasteiger partial charge >= 0.3 is 88.8 Å². The van der Waals surface area contributed by atoms with Crippen LogP contribution in [0.25, 0.3) is 0 Å². The summed E-state index contributed by atoms with van der Waals surface area (Å²) in [6.07, 6.45) is 0. The van der Waals surface area contributed by atoms with E-state index in [-0.39, 0.29) is 45.7 Å². The Morgan fingerprint density at radius 1 is 0.533 bits per heavy atom. The van der Waals surface area contributed by atoms with E-state index in [0.717, 1.165) is 0 Å². The van der Waals surface area contributed by atoms with Gasteiger partial charge in [0, 0.05) is 0 Å². The minimum atomic E-state index is -0.153. The van der Waals surface area contributed by atoms with E-state index in [9.17, 15) is 0 Å². The van der Waals surface area contributed by atoms with Crippen molar-refractivity contribution in [3.8, 4) is 0 Å². The van der Waals surface area contributed by atoms with Gasteiger partial charge in [-0.1, -0.05) is 0 Å². The van der Waals surface area contributed by atoms with Crippen LogP contribution >= 0.6 is 24.8 Å². The Morgan fingerprint density at radius 2 is 0.867 bits per heavy atom. The van der Waals surface area contributed by atoms with Gasteiger partial charge in [0.05, 0.1) is 0 Å². The molecule has 0 aliphatic heterocycles. The van der Waals surface area contributed by atoms with Crippen LogP contribution in [0.2, 0.25) is 0 Å². The predicted octanol–water partition coefficient (Wildman–Crippen LogP) is 2.19. The van der Waals surface area contributed by atoms with Crippen molar-refractivity contribution in [3.63, 3.8) is 0 Å². The van der Waals surface area contributed by atoms with Crippen LogP contribution in [-0.2, 0) is 0 Å². The first-order valence-electron chi connectivity index (χ1n) is 4.23. The van der Waals surface area contributed by atoms with Crippen LogP contribution in [0.3, 0.4) is 0 Å². The summed E-state index contributed by atoms with van der Waals surface area (Å²) < 4.78 is 3.00. The van der Waals surface area contributed by atoms with Crippen molar-refractivity contribution in [2.24, 2.45) is 0 Å². The molecule has 0 nitrogen and oxygen atoms in total. The fourth-order valence-corrected chi connectivity index (χ4v) is 3.56. The van der Waals surface area contributed by atoms with E-state index in [1.165, 1.54) is 7.22 Å². The molecule has 0 heterocycles. The Bertz CT molecular complexity index is 324. The SMILES string of the molecule is Cl.Cl.c1ccc([Te+]c2ccccc2)cc1. The van der Waals surface area contributed by atoms with Gasteiger partial charge in [0.2, 0.25) is 0 Å². The van der Waals surface area contributed by atoms with Gasteiger partial charge in [-0.2, -0.15) is 0 Å². The Balaban J connectivity index is 0.000000980. The van der Waals surface area contributed by atoms with Crippen molar-refractivity contribution in [2.45, 2.75) is 0 Å². The van der Waals surface area contributed by atoms with Gasteiger partial charge in [0.15, 0.2) is 0 Å². The average molecular weight is 355 g/mol. The van der Waals surface area contributed by atoms with Gasteiger partial charge in [0.1, 0.15) is 0 Å². The zero-order chi connectivity index (χ0) is 8.93. The third-order valence-corrected chi connectivity index (χ3v) is 4.62. The molecule has 0 saturated carbocycles. The van der Waals surface area contributed by atoms with Crippen LogP contribution < -0.4 is 7.22 Å². The van der Waals surface area contributed by atoms with Gasteiger partial charge in [-0.25, -0.2) is 0 Å². The number of hydrogen-bond donors (Lipinski definition) is 0. The molecule has 0 aliphatic carbocycles. The summed E-state index contributed by atoms with van der Waals surface area (Å²) in [5.74, 6) is 0. The molecule has 0 N–H and O–H groups in total. The standard InChI is InChI=1S/C12H10Te.2ClH/c1-3-7-11(8-4-1)13-12-9-5-2-6-10-12;;/h1-10H;2*1H/q+1;;. The molecule has 0 amide bonds. The summed E-state index contributed by atoms with van der Waals surface area (Å²) in [4.78, 5) is 0. The first-order valence-corrected chi connectivity index (χ1v) is 6.56. The molecule has 0 saturated heterocycles. The van der Waals surface area contributed by atoms with Crippen molar-refractivity contribution in [1.82, 2.24) is 0 Å². The van der Waals surface area contributed by atoms with E-state index < -0.39 is 0 Å². The van der Waals surface area contributed by atoms with Crippen LogP contribution in [-0.4, -0.2) is 20.9 Å². The molecule has 0 bridgehead atoms. The van der Waals surface area contributed by atoms with Crippen LogP contribution in [0.15, 0.2) is 60.7 Å². The predicted molar refractivity (Wildman–Crippen MR) is 72.4 cm³/mol.